The van der Waals surface area contributed by atoms with Gasteiger partial charge >= 0.3 is 12.2 Å². The lowest BCUT2D eigenvalue weighted by molar-refractivity contribution is -0.143. The highest BCUT2D eigenvalue weighted by atomic mass is 35.5. The van der Waals surface area contributed by atoms with Gasteiger partial charge in [-0.1, -0.05) is 41.9 Å². The number of alkyl halides is 3. The summed E-state index contributed by atoms with van der Waals surface area (Å²) in [6.07, 6.45) is -1.69. The lowest BCUT2D eigenvalue weighted by atomic mass is 9.94. The van der Waals surface area contributed by atoms with E-state index in [4.69, 9.17) is 16.7 Å². The van der Waals surface area contributed by atoms with Crippen LogP contribution in [0.1, 0.15) is 29.2 Å². The standard InChI is InChI=1S/C25H25ClF3N5O/c26-17-11-9-16(10-12-17)20-13-33(15-25(27,28)29)14-22(20)30-24(35)31-23-19-7-4-8-21(19)32-34(23)18-5-2-1-3-6-18/h1-3,5-6,9-12,20,22H,4,7-8,13-15H2,(H2,30,31,35)/t20-,22?/m0/s1. The van der Waals surface area contributed by atoms with Gasteiger partial charge in [0.25, 0.3) is 0 Å². The molecule has 2 N–H and O–H groups in total. The summed E-state index contributed by atoms with van der Waals surface area (Å²) in [5.74, 6) is 0.305. The molecule has 0 saturated carbocycles. The summed E-state index contributed by atoms with van der Waals surface area (Å²) in [6.45, 7) is -0.745. The summed E-state index contributed by atoms with van der Waals surface area (Å²) in [5.41, 5.74) is 3.62. The van der Waals surface area contributed by atoms with Gasteiger partial charge in [-0.2, -0.15) is 18.3 Å². The molecule has 0 radical (unpaired) electrons. The molecule has 184 valence electrons. The molecule has 1 saturated heterocycles. The Balaban J connectivity index is 1.37. The molecule has 6 nitrogen and oxygen atoms in total. The van der Waals surface area contributed by atoms with Gasteiger partial charge in [0.2, 0.25) is 0 Å². The van der Waals surface area contributed by atoms with Gasteiger partial charge in [-0.15, -0.1) is 0 Å². The molecule has 1 unspecified atom stereocenters. The molecule has 3 aromatic rings. The first-order valence-electron chi connectivity index (χ1n) is 11.5. The van der Waals surface area contributed by atoms with Crippen LogP contribution < -0.4 is 10.6 Å². The van der Waals surface area contributed by atoms with Crippen molar-refractivity contribution < 1.29 is 18.0 Å². The number of urea groups is 1. The van der Waals surface area contributed by atoms with Crippen molar-refractivity contribution >= 4 is 23.4 Å². The number of nitrogens with one attached hydrogen (secondary N) is 2. The first kappa shape index (κ1) is 23.7. The minimum absolute atomic E-state index is 0.0935. The number of halogens is 4. The summed E-state index contributed by atoms with van der Waals surface area (Å²) in [6, 6.07) is 15.6. The van der Waals surface area contributed by atoms with Gasteiger partial charge in [-0.3, -0.25) is 10.2 Å². The fourth-order valence-corrected chi connectivity index (χ4v) is 5.18. The molecule has 0 spiro atoms. The highest BCUT2D eigenvalue weighted by Gasteiger charge is 2.40. The molecule has 10 heteroatoms. The number of hydrogen-bond donors (Lipinski definition) is 2. The highest BCUT2D eigenvalue weighted by Crippen LogP contribution is 2.33. The zero-order valence-corrected chi connectivity index (χ0v) is 19.6. The number of nitrogens with zero attached hydrogens (tertiary/aromatic N) is 3. The van der Waals surface area contributed by atoms with Crippen LogP contribution >= 0.6 is 11.6 Å². The second-order valence-corrected chi connectivity index (χ2v) is 9.48. The van der Waals surface area contributed by atoms with Crippen LogP contribution in [0, 0.1) is 0 Å². The Hall–Kier alpha value is -3.04. The number of likely N-dealkylation sites (tertiary alicyclic amines) is 1. The Kier molecular flexibility index (Phi) is 6.46. The lowest BCUT2D eigenvalue weighted by Crippen LogP contribution is -2.43. The van der Waals surface area contributed by atoms with Crippen LogP contribution in [0.15, 0.2) is 54.6 Å². The van der Waals surface area contributed by atoms with Crippen molar-refractivity contribution in [3.8, 4) is 5.69 Å². The molecular formula is C25H25ClF3N5O. The molecule has 35 heavy (non-hydrogen) atoms. The summed E-state index contributed by atoms with van der Waals surface area (Å²) in [4.78, 5) is 14.5. The summed E-state index contributed by atoms with van der Waals surface area (Å²) >= 11 is 6.00. The molecule has 1 aromatic heterocycles. The van der Waals surface area contributed by atoms with Crippen LogP contribution in [-0.2, 0) is 12.8 Å². The van der Waals surface area contributed by atoms with E-state index in [2.05, 4.69) is 10.6 Å². The molecule has 2 atom stereocenters. The average molecular weight is 504 g/mol. The molecule has 1 fully saturated rings. The lowest BCUT2D eigenvalue weighted by Gasteiger charge is -2.21. The van der Waals surface area contributed by atoms with Crippen LogP contribution in [-0.4, -0.2) is 52.6 Å². The maximum absolute atomic E-state index is 13.1. The number of anilines is 1. The Labute approximate surface area is 206 Å². The second-order valence-electron chi connectivity index (χ2n) is 9.05. The Morgan fingerprint density at radius 1 is 1.06 bits per heavy atom. The van der Waals surface area contributed by atoms with Gasteiger partial charge in [0.1, 0.15) is 5.82 Å². The van der Waals surface area contributed by atoms with Gasteiger partial charge in [-0.25, -0.2) is 9.48 Å². The molecule has 2 aliphatic rings. The minimum Gasteiger partial charge on any atom is -0.333 e. The predicted octanol–water partition coefficient (Wildman–Crippen LogP) is 5.17. The van der Waals surface area contributed by atoms with Crippen molar-refractivity contribution in [1.82, 2.24) is 20.0 Å². The number of benzene rings is 2. The molecule has 2 amide bonds. The van der Waals surface area contributed by atoms with E-state index in [0.717, 1.165) is 41.8 Å². The minimum atomic E-state index is -4.32. The quantitative estimate of drug-likeness (QED) is 0.505. The molecule has 0 bridgehead atoms. The Bertz CT molecular complexity index is 1200. The maximum Gasteiger partial charge on any atom is 0.401 e. The number of amides is 2. The van der Waals surface area contributed by atoms with Crippen molar-refractivity contribution in [2.75, 3.05) is 25.0 Å². The monoisotopic (exact) mass is 503 g/mol. The van der Waals surface area contributed by atoms with E-state index in [1.165, 1.54) is 4.90 Å². The van der Waals surface area contributed by atoms with Crippen molar-refractivity contribution in [3.63, 3.8) is 0 Å². The molecule has 1 aliphatic heterocycles. The van der Waals surface area contributed by atoms with E-state index < -0.39 is 24.8 Å². The molecule has 2 aromatic carbocycles. The van der Waals surface area contributed by atoms with Gasteiger partial charge in [0, 0.05) is 29.6 Å². The topological polar surface area (TPSA) is 62.2 Å². The van der Waals surface area contributed by atoms with E-state index in [-0.39, 0.29) is 19.0 Å². The van der Waals surface area contributed by atoms with Crippen molar-refractivity contribution in [2.45, 2.75) is 37.4 Å². The maximum atomic E-state index is 13.1. The number of carbonyl (C=O) groups excluding carboxylic acids is 1. The molecule has 2 heterocycles. The van der Waals surface area contributed by atoms with E-state index in [1.807, 2.05) is 30.3 Å². The second kappa shape index (κ2) is 9.54. The number of fused-ring (bicyclic) bond motifs is 1. The van der Waals surface area contributed by atoms with Crippen LogP contribution in [0.5, 0.6) is 0 Å². The van der Waals surface area contributed by atoms with Crippen LogP contribution in [0.2, 0.25) is 5.02 Å². The molecular weight excluding hydrogens is 479 g/mol. The largest absolute Gasteiger partial charge is 0.401 e. The third kappa shape index (κ3) is 5.31. The smallest absolute Gasteiger partial charge is 0.333 e. The van der Waals surface area contributed by atoms with Crippen molar-refractivity contribution in [1.29, 1.82) is 0 Å². The van der Waals surface area contributed by atoms with Crippen LogP contribution in [0.4, 0.5) is 23.8 Å². The van der Waals surface area contributed by atoms with E-state index in [1.54, 1.807) is 28.9 Å². The summed E-state index contributed by atoms with van der Waals surface area (Å²) in [7, 11) is 0. The van der Waals surface area contributed by atoms with Crippen molar-refractivity contribution in [2.24, 2.45) is 0 Å². The zero-order chi connectivity index (χ0) is 24.6. The SMILES string of the molecule is O=C(Nc1c2c(nn1-c1ccccc1)CCC2)NC1CN(CC(F)(F)F)C[C@H]1c1ccc(Cl)cc1. The van der Waals surface area contributed by atoms with Gasteiger partial charge in [0.05, 0.1) is 24.0 Å². The van der Waals surface area contributed by atoms with Crippen LogP contribution in [0.25, 0.3) is 5.69 Å². The number of hydrogen-bond acceptors (Lipinski definition) is 3. The van der Waals surface area contributed by atoms with Gasteiger partial charge < -0.3 is 5.32 Å². The third-order valence-electron chi connectivity index (χ3n) is 6.55. The summed E-state index contributed by atoms with van der Waals surface area (Å²) < 4.78 is 41.0. The van der Waals surface area contributed by atoms with E-state index in [9.17, 15) is 18.0 Å². The number of aromatic nitrogens is 2. The van der Waals surface area contributed by atoms with Gasteiger partial charge in [-0.05, 0) is 49.1 Å². The Morgan fingerprint density at radius 3 is 2.51 bits per heavy atom. The summed E-state index contributed by atoms with van der Waals surface area (Å²) in [5, 5.41) is 11.1. The van der Waals surface area contributed by atoms with E-state index in [0.29, 0.717) is 10.8 Å². The molecule has 1 aliphatic carbocycles. The number of rotatable bonds is 5. The predicted molar refractivity (Wildman–Crippen MR) is 128 cm³/mol. The fourth-order valence-electron chi connectivity index (χ4n) is 5.05. The molecule has 5 rings (SSSR count). The third-order valence-corrected chi connectivity index (χ3v) is 6.80. The van der Waals surface area contributed by atoms with Crippen LogP contribution in [0.3, 0.4) is 0 Å². The normalized spacial score (nSPS) is 20.1. The number of para-hydroxylation sites is 1. The Morgan fingerprint density at radius 2 is 1.80 bits per heavy atom. The first-order valence-corrected chi connectivity index (χ1v) is 11.9. The zero-order valence-electron chi connectivity index (χ0n) is 18.9. The van der Waals surface area contributed by atoms with Crippen molar-refractivity contribution in [3.05, 3.63) is 76.4 Å². The number of aryl methyl sites for hydroxylation is 1. The number of carbonyl (C=O) groups is 1. The fraction of sp³-hybridized carbons (Fsp3) is 0.360. The average Bonchev–Trinajstić information content (AvgIpc) is 3.50. The highest BCUT2D eigenvalue weighted by molar-refractivity contribution is 6.30. The van der Waals surface area contributed by atoms with Gasteiger partial charge in [0.15, 0.2) is 0 Å². The first-order chi connectivity index (χ1) is 16.8. The van der Waals surface area contributed by atoms with E-state index >= 15 is 0 Å².